The second-order valence-corrected chi connectivity index (χ2v) is 16.7. The van der Waals surface area contributed by atoms with E-state index in [4.69, 9.17) is 4.43 Å². The van der Waals surface area contributed by atoms with Gasteiger partial charge in [0.15, 0.2) is 0 Å². The molecule has 0 bridgehead atoms. The molecular weight excluding hydrogens is 481 g/mol. The fraction of sp³-hybridized carbons (Fsp3) is 0.480. The molecule has 0 aliphatic carbocycles. The van der Waals surface area contributed by atoms with Crippen molar-refractivity contribution in [2.24, 2.45) is 0 Å². The van der Waals surface area contributed by atoms with Crippen molar-refractivity contribution in [1.29, 1.82) is 0 Å². The number of alkyl halides is 3. The summed E-state index contributed by atoms with van der Waals surface area (Å²) >= 11 is 2.93. The molecule has 0 radical (unpaired) electrons. The number of carbonyl (C=O) groups excluding carboxylic acids is 1. The quantitative estimate of drug-likeness (QED) is 0.318. The lowest BCUT2D eigenvalue weighted by atomic mass is 10.1. The van der Waals surface area contributed by atoms with Gasteiger partial charge in [-0.3, -0.25) is 0 Å². The van der Waals surface area contributed by atoms with Crippen molar-refractivity contribution >= 4 is 48.5 Å². The Kier molecular flexibility index (Phi) is 8.46. The number of thioether (sulfide) groups is 2. The summed E-state index contributed by atoms with van der Waals surface area (Å²) in [5.74, 6) is 1.58. The maximum Gasteiger partial charge on any atom is 0.413 e. The van der Waals surface area contributed by atoms with E-state index < -0.39 is 29.7 Å². The van der Waals surface area contributed by atoms with Crippen molar-refractivity contribution in [1.82, 2.24) is 0 Å². The first-order valence-corrected chi connectivity index (χ1v) is 15.0. The Balaban J connectivity index is 2.06. The molecule has 0 saturated carbocycles. The van der Waals surface area contributed by atoms with Crippen LogP contribution in [-0.2, 0) is 9.22 Å². The highest BCUT2D eigenvalue weighted by atomic mass is 32.2. The zero-order valence-corrected chi connectivity index (χ0v) is 21.9. The lowest BCUT2D eigenvalue weighted by molar-refractivity contribution is -0.199. The third-order valence-corrected chi connectivity index (χ3v) is 14.3. The molecule has 0 unspecified atom stereocenters. The van der Waals surface area contributed by atoms with Crippen LogP contribution in [0.2, 0.25) is 5.04 Å². The monoisotopic (exact) mass is 512 g/mol. The molecule has 2 nitrogen and oxygen atoms in total. The maximum absolute atomic E-state index is 14.4. The smallest absolute Gasteiger partial charge is 0.395 e. The first-order valence-electron chi connectivity index (χ1n) is 11.1. The van der Waals surface area contributed by atoms with E-state index in [0.29, 0.717) is 0 Å². The molecule has 1 heterocycles. The largest absolute Gasteiger partial charge is 0.413 e. The van der Waals surface area contributed by atoms with Gasteiger partial charge in [0.05, 0.1) is 0 Å². The van der Waals surface area contributed by atoms with Crippen LogP contribution in [0.25, 0.3) is 0 Å². The number of aldehydes is 1. The molecule has 0 spiro atoms. The molecule has 0 amide bonds. The highest BCUT2D eigenvalue weighted by Gasteiger charge is 2.55. The summed E-state index contributed by atoms with van der Waals surface area (Å²) in [4.78, 5) is 11.9. The lowest BCUT2D eigenvalue weighted by Gasteiger charge is -2.45. The fourth-order valence-electron chi connectivity index (χ4n) is 4.39. The summed E-state index contributed by atoms with van der Waals surface area (Å²) in [6.07, 6.45) is -4.81. The molecule has 3 rings (SSSR count). The Morgan fingerprint density at radius 1 is 0.970 bits per heavy atom. The molecule has 1 aliphatic rings. The lowest BCUT2D eigenvalue weighted by Crippen LogP contribution is -2.68. The molecule has 33 heavy (non-hydrogen) atoms. The normalized spacial score (nSPS) is 18.0. The van der Waals surface area contributed by atoms with Gasteiger partial charge in [0.2, 0.25) is 0 Å². The number of benzene rings is 2. The standard InChI is InChI=1S/C25H31F3O2S2Si/c1-23(2,3)33(20-11-6-4-7-12-20,21-13-8-5-9-14-21)30-22(25(26,27)28)15-16-24(19-29)31-17-10-18-32-24/h4-9,11-14,19,22H,10,15-18H2,1-3H3/t22-/m0/s1. The molecular formula is C25H31F3O2S2Si. The summed E-state index contributed by atoms with van der Waals surface area (Å²) in [7, 11) is -3.37. The minimum Gasteiger partial charge on any atom is -0.395 e. The van der Waals surface area contributed by atoms with Crippen LogP contribution >= 0.6 is 23.5 Å². The Morgan fingerprint density at radius 2 is 1.45 bits per heavy atom. The van der Waals surface area contributed by atoms with Crippen molar-refractivity contribution in [2.75, 3.05) is 11.5 Å². The van der Waals surface area contributed by atoms with Crippen molar-refractivity contribution in [3.05, 3.63) is 60.7 Å². The van der Waals surface area contributed by atoms with Crippen LogP contribution in [0.4, 0.5) is 13.2 Å². The minimum absolute atomic E-state index is 0.133. The van der Waals surface area contributed by atoms with E-state index >= 15 is 0 Å². The summed E-state index contributed by atoms with van der Waals surface area (Å²) in [5, 5.41) is 1.06. The van der Waals surface area contributed by atoms with Gasteiger partial charge in [-0.05, 0) is 46.2 Å². The van der Waals surface area contributed by atoms with Crippen molar-refractivity contribution in [2.45, 2.75) is 61.4 Å². The summed E-state index contributed by atoms with van der Waals surface area (Å²) in [6, 6.07) is 18.7. The van der Waals surface area contributed by atoms with Gasteiger partial charge in [0.1, 0.15) is 16.5 Å². The zero-order chi connectivity index (χ0) is 24.2. The van der Waals surface area contributed by atoms with E-state index in [2.05, 4.69) is 0 Å². The van der Waals surface area contributed by atoms with Gasteiger partial charge in [-0.15, -0.1) is 23.5 Å². The highest BCUT2D eigenvalue weighted by molar-refractivity contribution is 8.19. The average molecular weight is 513 g/mol. The molecule has 8 heteroatoms. The SMILES string of the molecule is CC(C)(C)[Si](O[C@@H](CCC1(C=O)SCCCS1)C(F)(F)F)(c1ccccc1)c1ccccc1. The number of halogens is 3. The molecule has 2 aromatic carbocycles. The number of hydrogen-bond donors (Lipinski definition) is 0. The highest BCUT2D eigenvalue weighted by Crippen LogP contribution is 2.46. The van der Waals surface area contributed by atoms with Crippen LogP contribution < -0.4 is 10.4 Å². The molecule has 1 atom stereocenters. The summed E-state index contributed by atoms with van der Waals surface area (Å²) in [6.45, 7) is 5.89. The minimum atomic E-state index is -4.54. The third-order valence-electron chi connectivity index (χ3n) is 6.02. The summed E-state index contributed by atoms with van der Waals surface area (Å²) in [5.41, 5.74) is 0. The van der Waals surface area contributed by atoms with E-state index in [-0.39, 0.29) is 12.8 Å². The van der Waals surface area contributed by atoms with Crippen LogP contribution in [0, 0.1) is 0 Å². The van der Waals surface area contributed by atoms with E-state index in [1.54, 1.807) is 0 Å². The van der Waals surface area contributed by atoms with E-state index in [9.17, 15) is 18.0 Å². The number of hydrogen-bond acceptors (Lipinski definition) is 4. The fourth-order valence-corrected chi connectivity index (χ4v) is 12.0. The van der Waals surface area contributed by atoms with E-state index in [1.807, 2.05) is 81.4 Å². The Hall–Kier alpha value is -1.22. The molecule has 1 fully saturated rings. The second-order valence-electron chi connectivity index (χ2n) is 9.33. The van der Waals surface area contributed by atoms with Gasteiger partial charge < -0.3 is 9.22 Å². The molecule has 1 aliphatic heterocycles. The second kappa shape index (κ2) is 10.6. The topological polar surface area (TPSA) is 26.3 Å². The van der Waals surface area contributed by atoms with E-state index in [1.165, 1.54) is 23.5 Å². The summed E-state index contributed by atoms with van der Waals surface area (Å²) < 4.78 is 48.9. The van der Waals surface area contributed by atoms with Crippen LogP contribution in [0.5, 0.6) is 0 Å². The van der Waals surface area contributed by atoms with Gasteiger partial charge in [0.25, 0.3) is 8.32 Å². The Bertz CT molecular complexity index is 856. The molecule has 0 aromatic heterocycles. The van der Waals surface area contributed by atoms with Crippen molar-refractivity contribution in [3.63, 3.8) is 0 Å². The predicted molar refractivity (Wildman–Crippen MR) is 136 cm³/mol. The van der Waals surface area contributed by atoms with Gasteiger partial charge in [0, 0.05) is 0 Å². The van der Waals surface area contributed by atoms with Crippen LogP contribution in [0.15, 0.2) is 60.7 Å². The van der Waals surface area contributed by atoms with Gasteiger partial charge in [-0.1, -0.05) is 81.4 Å². The Labute approximate surface area is 204 Å². The van der Waals surface area contributed by atoms with Crippen LogP contribution in [0.1, 0.15) is 40.0 Å². The van der Waals surface area contributed by atoms with Gasteiger partial charge in [-0.2, -0.15) is 13.2 Å². The maximum atomic E-state index is 14.4. The van der Waals surface area contributed by atoms with Crippen LogP contribution in [0.3, 0.4) is 0 Å². The first kappa shape index (κ1) is 26.4. The molecule has 180 valence electrons. The van der Waals surface area contributed by atoms with Gasteiger partial charge in [-0.25, -0.2) is 0 Å². The number of carbonyl (C=O) groups is 1. The van der Waals surface area contributed by atoms with Crippen molar-refractivity contribution in [3.8, 4) is 0 Å². The van der Waals surface area contributed by atoms with Gasteiger partial charge >= 0.3 is 6.18 Å². The zero-order valence-electron chi connectivity index (χ0n) is 19.2. The third kappa shape index (κ3) is 5.89. The van der Waals surface area contributed by atoms with Crippen molar-refractivity contribution < 1.29 is 22.4 Å². The molecule has 1 saturated heterocycles. The predicted octanol–water partition coefficient (Wildman–Crippen LogP) is 6.04. The van der Waals surface area contributed by atoms with E-state index in [0.717, 1.165) is 34.6 Å². The molecule has 0 N–H and O–H groups in total. The first-order chi connectivity index (χ1) is 15.5. The Morgan fingerprint density at radius 3 is 1.85 bits per heavy atom. The number of rotatable bonds is 8. The average Bonchev–Trinajstić information content (AvgIpc) is 2.79. The molecule has 2 aromatic rings. The van der Waals surface area contributed by atoms with Crippen LogP contribution in [-0.4, -0.2) is 42.5 Å².